The van der Waals surface area contributed by atoms with Crippen molar-refractivity contribution in [3.05, 3.63) is 33.1 Å². The van der Waals surface area contributed by atoms with Crippen molar-refractivity contribution in [3.8, 4) is 0 Å². The second-order valence-corrected chi connectivity index (χ2v) is 6.21. The van der Waals surface area contributed by atoms with Crippen LogP contribution in [0.15, 0.2) is 18.2 Å². The van der Waals surface area contributed by atoms with E-state index in [9.17, 15) is 9.18 Å². The minimum atomic E-state index is -0.328. The van der Waals surface area contributed by atoms with Gasteiger partial charge in [0.05, 0.1) is 5.56 Å². The Morgan fingerprint density at radius 1 is 1.45 bits per heavy atom. The van der Waals surface area contributed by atoms with Gasteiger partial charge in [0.2, 0.25) is 0 Å². The highest BCUT2D eigenvalue weighted by atomic mass is 127. The summed E-state index contributed by atoms with van der Waals surface area (Å²) in [6.07, 6.45) is 0.762. The quantitative estimate of drug-likeness (QED) is 0.752. The molecule has 0 bridgehead atoms. The fourth-order valence-corrected chi connectivity index (χ4v) is 2.35. The van der Waals surface area contributed by atoms with Crippen LogP contribution in [0.1, 0.15) is 30.6 Å². The van der Waals surface area contributed by atoms with Crippen LogP contribution in [0.3, 0.4) is 0 Å². The van der Waals surface area contributed by atoms with Crippen molar-refractivity contribution in [2.45, 2.75) is 26.3 Å². The summed E-state index contributed by atoms with van der Waals surface area (Å²) in [5, 5.41) is 0. The van der Waals surface area contributed by atoms with Crippen LogP contribution in [-0.4, -0.2) is 30.4 Å². The molecule has 0 spiro atoms. The maximum Gasteiger partial charge on any atom is 0.254 e. The number of halogens is 3. The van der Waals surface area contributed by atoms with Gasteiger partial charge in [0.15, 0.2) is 0 Å². The van der Waals surface area contributed by atoms with E-state index in [0.717, 1.165) is 6.42 Å². The molecule has 0 fully saturated rings. The molecule has 1 unspecified atom stereocenters. The van der Waals surface area contributed by atoms with Gasteiger partial charge in [0.1, 0.15) is 5.82 Å². The normalized spacial score (nSPS) is 11.9. The molecule has 0 aliphatic carbocycles. The molecule has 0 saturated heterocycles. The van der Waals surface area contributed by atoms with Gasteiger partial charge in [-0.25, -0.2) is 4.39 Å². The third kappa shape index (κ3) is 5.54. The molecule has 0 aromatic heterocycles. The molecule has 114 valence electrons. The van der Waals surface area contributed by atoms with Crippen molar-refractivity contribution in [2.75, 3.05) is 13.6 Å². The summed E-state index contributed by atoms with van der Waals surface area (Å²) < 4.78 is 13.6. The summed E-state index contributed by atoms with van der Waals surface area (Å²) in [7, 11) is 1.74. The second kappa shape index (κ2) is 8.79. The number of carbonyl (C=O) groups is 1. The fraction of sp³-hybridized carbons (Fsp3) is 0.500. The number of nitrogens with two attached hydrogens (primary N) is 1. The van der Waals surface area contributed by atoms with E-state index < -0.39 is 0 Å². The summed E-state index contributed by atoms with van der Waals surface area (Å²) >= 11 is 1.97. The van der Waals surface area contributed by atoms with Crippen molar-refractivity contribution < 1.29 is 9.18 Å². The van der Waals surface area contributed by atoms with Crippen LogP contribution in [0.2, 0.25) is 0 Å². The summed E-state index contributed by atoms with van der Waals surface area (Å²) in [6.45, 7) is 4.73. The van der Waals surface area contributed by atoms with Crippen molar-refractivity contribution >= 4 is 40.9 Å². The van der Waals surface area contributed by atoms with Crippen LogP contribution in [0.4, 0.5) is 4.39 Å². The Morgan fingerprint density at radius 3 is 2.55 bits per heavy atom. The topological polar surface area (TPSA) is 46.3 Å². The maximum atomic E-state index is 13.0. The van der Waals surface area contributed by atoms with Crippen LogP contribution in [-0.2, 0) is 0 Å². The average molecular weight is 415 g/mol. The number of benzene rings is 1. The van der Waals surface area contributed by atoms with Gasteiger partial charge in [0, 0.05) is 23.2 Å². The Bertz CT molecular complexity index is 457. The minimum Gasteiger partial charge on any atom is -0.342 e. The van der Waals surface area contributed by atoms with Crippen LogP contribution in [0.5, 0.6) is 0 Å². The highest BCUT2D eigenvalue weighted by Gasteiger charge is 2.16. The molecule has 1 aromatic rings. The number of amides is 1. The second-order valence-electron chi connectivity index (χ2n) is 5.05. The molecule has 20 heavy (non-hydrogen) atoms. The standard InChI is InChI=1S/C14H20FIN2O.ClH/c1-9(2)13(17)6-7-18(3)14(19)11-5-4-10(15)8-12(11)16;/h4-5,8-9,13H,6-7,17H2,1-3H3;1H. The van der Waals surface area contributed by atoms with Crippen LogP contribution >= 0.6 is 35.0 Å². The molecule has 1 rings (SSSR count). The smallest absolute Gasteiger partial charge is 0.254 e. The summed E-state index contributed by atoms with van der Waals surface area (Å²) in [5.41, 5.74) is 6.49. The molecule has 0 aliphatic heterocycles. The predicted octanol–water partition coefficient (Wildman–Crippen LogP) is 3.30. The summed E-state index contributed by atoms with van der Waals surface area (Å²) in [4.78, 5) is 13.9. The molecule has 1 aromatic carbocycles. The first-order valence-electron chi connectivity index (χ1n) is 6.29. The van der Waals surface area contributed by atoms with Gasteiger partial charge in [-0.3, -0.25) is 4.79 Å². The van der Waals surface area contributed by atoms with Crippen molar-refractivity contribution in [3.63, 3.8) is 0 Å². The largest absolute Gasteiger partial charge is 0.342 e. The van der Waals surface area contributed by atoms with Gasteiger partial charge in [-0.1, -0.05) is 13.8 Å². The van der Waals surface area contributed by atoms with E-state index in [0.29, 0.717) is 21.6 Å². The zero-order chi connectivity index (χ0) is 14.6. The molecular formula is C14H21ClFIN2O. The first-order chi connectivity index (χ1) is 8.82. The van der Waals surface area contributed by atoms with Gasteiger partial charge < -0.3 is 10.6 Å². The SMILES string of the molecule is CC(C)C(N)CCN(C)C(=O)c1ccc(F)cc1I.Cl. The highest BCUT2D eigenvalue weighted by molar-refractivity contribution is 14.1. The summed E-state index contributed by atoms with van der Waals surface area (Å²) in [6, 6.07) is 4.28. The Balaban J connectivity index is 0.00000361. The monoisotopic (exact) mass is 414 g/mol. The maximum absolute atomic E-state index is 13.0. The Morgan fingerprint density at radius 2 is 2.05 bits per heavy atom. The van der Waals surface area contributed by atoms with E-state index in [1.807, 2.05) is 22.6 Å². The molecule has 0 heterocycles. The van der Waals surface area contributed by atoms with E-state index in [1.54, 1.807) is 11.9 Å². The lowest BCUT2D eigenvalue weighted by atomic mass is 10.0. The van der Waals surface area contributed by atoms with Crippen molar-refractivity contribution in [1.29, 1.82) is 0 Å². The van der Waals surface area contributed by atoms with Crippen LogP contribution < -0.4 is 5.73 Å². The van der Waals surface area contributed by atoms with E-state index in [4.69, 9.17) is 5.73 Å². The molecule has 1 atom stereocenters. The minimum absolute atomic E-state index is 0. The Kier molecular flexibility index (Phi) is 8.62. The number of carbonyl (C=O) groups excluding carboxylic acids is 1. The first kappa shape index (κ1) is 19.6. The third-order valence-electron chi connectivity index (χ3n) is 3.16. The van der Waals surface area contributed by atoms with Crippen molar-refractivity contribution in [1.82, 2.24) is 4.90 Å². The zero-order valence-electron chi connectivity index (χ0n) is 11.9. The van der Waals surface area contributed by atoms with Crippen LogP contribution in [0.25, 0.3) is 0 Å². The third-order valence-corrected chi connectivity index (χ3v) is 4.05. The van der Waals surface area contributed by atoms with E-state index in [-0.39, 0.29) is 30.2 Å². The van der Waals surface area contributed by atoms with Gasteiger partial charge in [-0.05, 0) is 53.1 Å². The number of nitrogens with zero attached hydrogens (tertiary/aromatic N) is 1. The summed E-state index contributed by atoms with van der Waals surface area (Å²) in [5.74, 6) is -0.0275. The van der Waals surface area contributed by atoms with E-state index >= 15 is 0 Å². The molecule has 0 aliphatic rings. The zero-order valence-corrected chi connectivity index (χ0v) is 14.9. The van der Waals surface area contributed by atoms with E-state index in [2.05, 4.69) is 13.8 Å². The molecule has 0 saturated carbocycles. The van der Waals surface area contributed by atoms with Gasteiger partial charge in [-0.15, -0.1) is 12.4 Å². The molecule has 0 radical (unpaired) electrons. The lowest BCUT2D eigenvalue weighted by Crippen LogP contribution is -2.34. The predicted molar refractivity (Wildman–Crippen MR) is 90.8 cm³/mol. The van der Waals surface area contributed by atoms with Crippen LogP contribution in [0, 0.1) is 15.3 Å². The lowest BCUT2D eigenvalue weighted by molar-refractivity contribution is 0.0788. The number of hydrogen-bond acceptors (Lipinski definition) is 2. The van der Waals surface area contributed by atoms with Gasteiger partial charge >= 0.3 is 0 Å². The lowest BCUT2D eigenvalue weighted by Gasteiger charge is -2.22. The fourth-order valence-electron chi connectivity index (χ4n) is 1.65. The first-order valence-corrected chi connectivity index (χ1v) is 7.37. The van der Waals surface area contributed by atoms with Crippen molar-refractivity contribution in [2.24, 2.45) is 11.7 Å². The number of rotatable bonds is 5. The van der Waals surface area contributed by atoms with Gasteiger partial charge in [-0.2, -0.15) is 0 Å². The Hall–Kier alpha value is -0.400. The average Bonchev–Trinajstić information content (AvgIpc) is 2.34. The highest BCUT2D eigenvalue weighted by Crippen LogP contribution is 2.16. The Labute approximate surface area is 139 Å². The molecular weight excluding hydrogens is 394 g/mol. The molecule has 3 nitrogen and oxygen atoms in total. The number of hydrogen-bond donors (Lipinski definition) is 1. The van der Waals surface area contributed by atoms with E-state index in [1.165, 1.54) is 18.2 Å². The molecule has 2 N–H and O–H groups in total. The molecule has 1 amide bonds. The molecule has 6 heteroatoms. The van der Waals surface area contributed by atoms with Gasteiger partial charge in [0.25, 0.3) is 5.91 Å².